The van der Waals surface area contributed by atoms with E-state index in [0.29, 0.717) is 16.6 Å². The van der Waals surface area contributed by atoms with Gasteiger partial charge in [0.2, 0.25) is 5.91 Å². The summed E-state index contributed by atoms with van der Waals surface area (Å²) >= 11 is 0. The normalized spacial score (nSPS) is 16.2. The molecule has 1 amide bonds. The molecule has 1 atom stereocenters. The fourth-order valence-electron chi connectivity index (χ4n) is 3.09. The zero-order valence-corrected chi connectivity index (χ0v) is 13.4. The molecule has 0 aliphatic heterocycles. The Bertz CT molecular complexity index is 768. The van der Waals surface area contributed by atoms with Crippen molar-refractivity contribution in [2.75, 3.05) is 18.4 Å². The molecule has 0 bridgehead atoms. The first-order valence-electron chi connectivity index (χ1n) is 8.32. The van der Waals surface area contributed by atoms with Gasteiger partial charge in [-0.3, -0.25) is 9.59 Å². The van der Waals surface area contributed by atoms with Crippen LogP contribution in [-0.2, 0) is 4.79 Å². The number of rotatable bonds is 6. The molecular weight excluding hydrogens is 308 g/mol. The number of aromatic nitrogens is 2. The molecule has 7 heteroatoms. The number of hydrogen-bond acceptors (Lipinski definition) is 5. The van der Waals surface area contributed by atoms with Gasteiger partial charge in [0.15, 0.2) is 5.82 Å². The second-order valence-corrected chi connectivity index (χ2v) is 6.21. The molecule has 1 aromatic carbocycles. The Morgan fingerprint density at radius 1 is 1.25 bits per heavy atom. The van der Waals surface area contributed by atoms with Crippen molar-refractivity contribution in [1.82, 2.24) is 15.5 Å². The molecule has 128 valence electrons. The molecule has 0 saturated heterocycles. The maximum Gasteiger partial charge on any atom is 0.272 e. The number of aliphatic hydroxyl groups excluding tert-OH is 1. The van der Waals surface area contributed by atoms with Gasteiger partial charge >= 0.3 is 0 Å². The number of hydrogen-bond donors (Lipinski definition) is 4. The monoisotopic (exact) mass is 330 g/mol. The molecule has 0 radical (unpaired) electrons. The van der Waals surface area contributed by atoms with Crippen molar-refractivity contribution in [3.8, 4) is 0 Å². The predicted molar refractivity (Wildman–Crippen MR) is 91.8 cm³/mol. The van der Waals surface area contributed by atoms with E-state index in [1.807, 2.05) is 6.07 Å². The fourth-order valence-corrected chi connectivity index (χ4v) is 3.09. The third-order valence-corrected chi connectivity index (χ3v) is 4.44. The summed E-state index contributed by atoms with van der Waals surface area (Å²) in [5.74, 6) is 0.625. The molecule has 1 unspecified atom stereocenters. The van der Waals surface area contributed by atoms with Crippen molar-refractivity contribution in [2.24, 2.45) is 5.92 Å². The molecule has 24 heavy (non-hydrogen) atoms. The van der Waals surface area contributed by atoms with E-state index in [2.05, 4.69) is 20.8 Å². The third-order valence-electron chi connectivity index (χ3n) is 4.44. The number of aliphatic hydroxyl groups is 1. The van der Waals surface area contributed by atoms with Crippen molar-refractivity contribution in [3.05, 3.63) is 34.6 Å². The molecule has 2 aromatic rings. The van der Waals surface area contributed by atoms with E-state index in [4.69, 9.17) is 0 Å². The molecule has 1 aliphatic carbocycles. The van der Waals surface area contributed by atoms with Crippen LogP contribution in [0, 0.1) is 5.92 Å². The van der Waals surface area contributed by atoms with Gasteiger partial charge in [0.25, 0.3) is 5.56 Å². The lowest BCUT2D eigenvalue weighted by Crippen LogP contribution is -2.38. The number of fused-ring (bicyclic) bond motifs is 1. The standard InChI is InChI=1S/C17H22N4O3/c22-12(10-19-16(23)11-5-1-2-6-11)9-18-15-13-7-3-4-8-14(13)17(24)21-20-15/h3-4,7-8,11-12,22H,1-2,5-6,9-10H2,(H,18,20)(H,19,23)(H,21,24). The number of nitrogens with zero attached hydrogens (tertiary/aromatic N) is 1. The van der Waals surface area contributed by atoms with Gasteiger partial charge in [-0.2, -0.15) is 5.10 Å². The first-order chi connectivity index (χ1) is 11.6. The Kier molecular flexibility index (Phi) is 5.10. The van der Waals surface area contributed by atoms with Crippen LogP contribution in [0.5, 0.6) is 0 Å². The number of amides is 1. The van der Waals surface area contributed by atoms with Crippen LogP contribution in [0.15, 0.2) is 29.1 Å². The summed E-state index contributed by atoms with van der Waals surface area (Å²) in [5, 5.41) is 23.5. The van der Waals surface area contributed by atoms with Crippen LogP contribution in [-0.4, -0.2) is 40.4 Å². The number of anilines is 1. The Morgan fingerprint density at radius 3 is 2.71 bits per heavy atom. The zero-order valence-electron chi connectivity index (χ0n) is 13.4. The van der Waals surface area contributed by atoms with E-state index >= 15 is 0 Å². The highest BCUT2D eigenvalue weighted by Crippen LogP contribution is 2.24. The van der Waals surface area contributed by atoms with Crippen LogP contribution in [0.2, 0.25) is 0 Å². The van der Waals surface area contributed by atoms with Crippen molar-refractivity contribution in [2.45, 2.75) is 31.8 Å². The van der Waals surface area contributed by atoms with Crippen molar-refractivity contribution < 1.29 is 9.90 Å². The quantitative estimate of drug-likeness (QED) is 0.632. The number of nitrogens with one attached hydrogen (secondary N) is 3. The lowest BCUT2D eigenvalue weighted by Gasteiger charge is -2.15. The summed E-state index contributed by atoms with van der Waals surface area (Å²) in [6, 6.07) is 7.13. The summed E-state index contributed by atoms with van der Waals surface area (Å²) < 4.78 is 0. The van der Waals surface area contributed by atoms with Crippen molar-refractivity contribution in [3.63, 3.8) is 0 Å². The minimum atomic E-state index is -0.733. The fraction of sp³-hybridized carbons (Fsp3) is 0.471. The van der Waals surface area contributed by atoms with Gasteiger partial charge in [-0.15, -0.1) is 0 Å². The average molecular weight is 330 g/mol. The van der Waals surface area contributed by atoms with E-state index in [-0.39, 0.29) is 30.5 Å². The minimum absolute atomic E-state index is 0.0270. The smallest absolute Gasteiger partial charge is 0.272 e. The SMILES string of the molecule is O=C(NCC(O)CNc1n[nH]c(=O)c2ccccc12)C1CCCC1. The van der Waals surface area contributed by atoms with Gasteiger partial charge in [-0.25, -0.2) is 5.10 Å². The van der Waals surface area contributed by atoms with Gasteiger partial charge in [0.1, 0.15) is 0 Å². The Hall–Kier alpha value is -2.41. The Morgan fingerprint density at radius 2 is 1.96 bits per heavy atom. The first kappa shape index (κ1) is 16.4. The van der Waals surface area contributed by atoms with E-state index in [0.717, 1.165) is 25.7 Å². The molecule has 1 fully saturated rings. The molecule has 1 saturated carbocycles. The molecular formula is C17H22N4O3. The van der Waals surface area contributed by atoms with E-state index in [1.165, 1.54) is 0 Å². The summed E-state index contributed by atoms with van der Waals surface area (Å²) in [6.07, 6.45) is 3.35. The molecule has 1 aliphatic rings. The summed E-state index contributed by atoms with van der Waals surface area (Å²) in [6.45, 7) is 0.428. The van der Waals surface area contributed by atoms with E-state index < -0.39 is 6.10 Å². The Labute approximate surface area is 139 Å². The molecule has 3 rings (SSSR count). The van der Waals surface area contributed by atoms with Crippen LogP contribution in [0.25, 0.3) is 10.8 Å². The number of H-pyrrole nitrogens is 1. The summed E-state index contributed by atoms with van der Waals surface area (Å²) in [4.78, 5) is 23.7. The van der Waals surface area contributed by atoms with Gasteiger partial charge in [-0.05, 0) is 18.9 Å². The summed E-state index contributed by atoms with van der Waals surface area (Å²) in [7, 11) is 0. The lowest BCUT2D eigenvalue weighted by molar-refractivity contribution is -0.125. The second kappa shape index (κ2) is 7.44. The Balaban J connectivity index is 1.55. The predicted octanol–water partition coefficient (Wildman–Crippen LogP) is 1.00. The van der Waals surface area contributed by atoms with Crippen LogP contribution in [0.3, 0.4) is 0 Å². The van der Waals surface area contributed by atoms with Crippen LogP contribution in [0.1, 0.15) is 25.7 Å². The van der Waals surface area contributed by atoms with Crippen molar-refractivity contribution >= 4 is 22.5 Å². The van der Waals surface area contributed by atoms with Crippen molar-refractivity contribution in [1.29, 1.82) is 0 Å². The summed E-state index contributed by atoms with van der Waals surface area (Å²) in [5.41, 5.74) is -0.250. The van der Waals surface area contributed by atoms with Crippen LogP contribution in [0.4, 0.5) is 5.82 Å². The maximum atomic E-state index is 11.9. The highest BCUT2D eigenvalue weighted by molar-refractivity contribution is 5.90. The lowest BCUT2D eigenvalue weighted by atomic mass is 10.1. The third kappa shape index (κ3) is 3.73. The number of benzene rings is 1. The number of aromatic amines is 1. The van der Waals surface area contributed by atoms with Gasteiger partial charge in [-0.1, -0.05) is 31.0 Å². The maximum absolute atomic E-state index is 11.9. The van der Waals surface area contributed by atoms with Gasteiger partial charge < -0.3 is 15.7 Å². The van der Waals surface area contributed by atoms with Gasteiger partial charge in [0, 0.05) is 24.4 Å². The number of carbonyl (C=O) groups is 1. The zero-order chi connectivity index (χ0) is 16.9. The number of carbonyl (C=O) groups excluding carboxylic acids is 1. The topological polar surface area (TPSA) is 107 Å². The molecule has 7 nitrogen and oxygen atoms in total. The van der Waals surface area contributed by atoms with E-state index in [9.17, 15) is 14.7 Å². The molecule has 1 aromatic heterocycles. The highest BCUT2D eigenvalue weighted by atomic mass is 16.3. The molecule has 4 N–H and O–H groups in total. The molecule has 1 heterocycles. The van der Waals surface area contributed by atoms with E-state index in [1.54, 1.807) is 18.2 Å². The molecule has 0 spiro atoms. The highest BCUT2D eigenvalue weighted by Gasteiger charge is 2.22. The largest absolute Gasteiger partial charge is 0.389 e. The van der Waals surface area contributed by atoms with Crippen LogP contribution < -0.4 is 16.2 Å². The first-order valence-corrected chi connectivity index (χ1v) is 8.32. The average Bonchev–Trinajstić information content (AvgIpc) is 3.14. The second-order valence-electron chi connectivity index (χ2n) is 6.21. The van der Waals surface area contributed by atoms with Crippen LogP contribution >= 0.6 is 0 Å². The minimum Gasteiger partial charge on any atom is -0.389 e. The van der Waals surface area contributed by atoms with Gasteiger partial charge in [0.05, 0.1) is 11.5 Å².